The second-order valence-electron chi connectivity index (χ2n) is 10.1. The number of carbonyl (C=O) groups excluding carboxylic acids is 1. The minimum atomic E-state index is -0.149. The van der Waals surface area contributed by atoms with Crippen LogP contribution in [0.25, 0.3) is 0 Å². The fraction of sp³-hybridized carbons (Fsp3) is 0.826. The molecule has 3 saturated carbocycles. The third-order valence-corrected chi connectivity index (χ3v) is 9.05. The molecule has 4 nitrogen and oxygen atoms in total. The van der Waals surface area contributed by atoms with Crippen molar-refractivity contribution in [2.75, 3.05) is 0 Å². The lowest BCUT2D eigenvalue weighted by Crippen LogP contribution is -2.51. The molecule has 1 N–H and O–H groups in total. The van der Waals surface area contributed by atoms with Crippen LogP contribution in [0.1, 0.15) is 79.1 Å². The summed E-state index contributed by atoms with van der Waals surface area (Å²) in [6.45, 7) is 8.46. The number of ether oxygens (including phenoxy) is 1. The smallest absolute Gasteiger partial charge is 0.302 e. The Morgan fingerprint density at radius 1 is 1.15 bits per heavy atom. The van der Waals surface area contributed by atoms with Gasteiger partial charge in [-0.15, -0.1) is 0 Å². The summed E-state index contributed by atoms with van der Waals surface area (Å²) < 4.78 is 5.54. The summed E-state index contributed by atoms with van der Waals surface area (Å²) in [4.78, 5) is 11.4. The fourth-order valence-electron chi connectivity index (χ4n) is 7.72. The van der Waals surface area contributed by atoms with E-state index in [0.717, 1.165) is 42.7 Å². The van der Waals surface area contributed by atoms with Gasteiger partial charge in [0, 0.05) is 19.3 Å². The van der Waals surface area contributed by atoms with E-state index in [-0.39, 0.29) is 22.9 Å². The molecule has 0 heterocycles. The Bertz CT molecular complexity index is 683. The Morgan fingerprint density at radius 3 is 2.63 bits per heavy atom. The van der Waals surface area contributed by atoms with Crippen molar-refractivity contribution in [1.29, 1.82) is 0 Å². The second-order valence-corrected chi connectivity index (χ2v) is 10.1. The number of hydrogen-bond donors (Lipinski definition) is 1. The lowest BCUT2D eigenvalue weighted by atomic mass is 9.47. The molecule has 0 radical (unpaired) electrons. The largest absolute Gasteiger partial charge is 0.462 e. The molecule has 4 aliphatic rings. The molecule has 0 aromatic rings. The molecule has 0 spiro atoms. The summed E-state index contributed by atoms with van der Waals surface area (Å²) in [7, 11) is 0. The molecule has 4 heteroatoms. The normalized spacial score (nSPS) is 46.7. The third kappa shape index (κ3) is 2.86. The van der Waals surface area contributed by atoms with E-state index in [4.69, 9.17) is 4.74 Å². The van der Waals surface area contributed by atoms with Crippen LogP contribution in [0.2, 0.25) is 0 Å². The van der Waals surface area contributed by atoms with E-state index in [1.54, 1.807) is 5.57 Å². The van der Waals surface area contributed by atoms with Gasteiger partial charge in [0.25, 0.3) is 0 Å². The van der Waals surface area contributed by atoms with Gasteiger partial charge in [0.05, 0.1) is 5.71 Å². The van der Waals surface area contributed by atoms with Gasteiger partial charge in [-0.1, -0.05) is 30.7 Å². The number of esters is 1. The predicted octanol–water partition coefficient (Wildman–Crippen LogP) is 5.35. The molecule has 0 aromatic heterocycles. The van der Waals surface area contributed by atoms with Crippen LogP contribution < -0.4 is 0 Å². The van der Waals surface area contributed by atoms with Crippen molar-refractivity contribution in [3.8, 4) is 0 Å². The van der Waals surface area contributed by atoms with Gasteiger partial charge in [-0.05, 0) is 80.5 Å². The minimum Gasteiger partial charge on any atom is -0.462 e. The Hall–Kier alpha value is -1.32. The van der Waals surface area contributed by atoms with Crippen LogP contribution in [-0.4, -0.2) is 23.0 Å². The first-order valence-corrected chi connectivity index (χ1v) is 10.8. The summed E-state index contributed by atoms with van der Waals surface area (Å²) in [5, 5.41) is 12.9. The first-order valence-electron chi connectivity index (χ1n) is 10.8. The molecular formula is C23H35NO3. The second kappa shape index (κ2) is 6.63. The first kappa shape index (κ1) is 19.0. The lowest BCUT2D eigenvalue weighted by Gasteiger charge is -2.58. The maximum atomic E-state index is 11.4. The van der Waals surface area contributed by atoms with Crippen molar-refractivity contribution in [2.24, 2.45) is 39.7 Å². The van der Waals surface area contributed by atoms with E-state index in [9.17, 15) is 10.0 Å². The molecule has 0 aromatic carbocycles. The fourth-order valence-corrected chi connectivity index (χ4v) is 7.72. The van der Waals surface area contributed by atoms with Gasteiger partial charge in [0.15, 0.2) is 0 Å². The molecule has 0 unspecified atom stereocenters. The quantitative estimate of drug-likeness (QED) is 0.233. The van der Waals surface area contributed by atoms with E-state index in [0.29, 0.717) is 5.92 Å². The Labute approximate surface area is 163 Å². The highest BCUT2D eigenvalue weighted by atomic mass is 16.5. The molecule has 4 rings (SSSR count). The molecule has 0 saturated heterocycles. The molecule has 0 amide bonds. The van der Waals surface area contributed by atoms with Crippen molar-refractivity contribution in [2.45, 2.75) is 85.2 Å². The summed E-state index contributed by atoms with van der Waals surface area (Å²) >= 11 is 0. The zero-order chi connectivity index (χ0) is 19.4. The molecular weight excluding hydrogens is 338 g/mol. The Kier molecular flexibility index (Phi) is 4.67. The third-order valence-electron chi connectivity index (χ3n) is 9.05. The van der Waals surface area contributed by atoms with Gasteiger partial charge in [-0.2, -0.15) is 0 Å². The highest BCUT2D eigenvalue weighted by Gasteiger charge is 2.59. The number of hydrogen-bond acceptors (Lipinski definition) is 4. The van der Waals surface area contributed by atoms with Gasteiger partial charge in [0.2, 0.25) is 0 Å². The number of allylic oxidation sites excluding steroid dienone is 1. The molecule has 7 atom stereocenters. The maximum Gasteiger partial charge on any atom is 0.302 e. The van der Waals surface area contributed by atoms with Crippen molar-refractivity contribution >= 4 is 11.7 Å². The van der Waals surface area contributed by atoms with Crippen LogP contribution >= 0.6 is 0 Å². The predicted molar refractivity (Wildman–Crippen MR) is 106 cm³/mol. The van der Waals surface area contributed by atoms with Gasteiger partial charge < -0.3 is 9.94 Å². The van der Waals surface area contributed by atoms with E-state index < -0.39 is 0 Å². The molecule has 0 aliphatic heterocycles. The maximum absolute atomic E-state index is 11.4. The van der Waals surface area contributed by atoms with Crippen LogP contribution in [0.15, 0.2) is 16.8 Å². The average Bonchev–Trinajstić information content (AvgIpc) is 2.98. The number of oxime groups is 1. The molecule has 27 heavy (non-hydrogen) atoms. The van der Waals surface area contributed by atoms with E-state index >= 15 is 0 Å². The van der Waals surface area contributed by atoms with Crippen molar-refractivity contribution in [3.63, 3.8) is 0 Å². The van der Waals surface area contributed by atoms with Crippen LogP contribution in [0.4, 0.5) is 0 Å². The highest BCUT2D eigenvalue weighted by molar-refractivity contribution is 5.85. The van der Waals surface area contributed by atoms with E-state index in [2.05, 4.69) is 25.1 Å². The highest BCUT2D eigenvalue weighted by Crippen LogP contribution is 2.66. The van der Waals surface area contributed by atoms with Crippen LogP contribution in [-0.2, 0) is 9.53 Å². The standard InChI is InChI=1S/C23H35NO3/c1-14(24-26)19-7-8-20-18-6-5-16-13-17(27-15(2)25)9-11-22(16,3)21(18)10-12-23(19,20)4/h5,17-21,26H,6-13H2,1-4H3/b24-14-/t17-,18+,19+,20-,21+,22-,23+/m0/s1. The van der Waals surface area contributed by atoms with Crippen LogP contribution in [0.3, 0.4) is 0 Å². The van der Waals surface area contributed by atoms with Gasteiger partial charge in [-0.25, -0.2) is 0 Å². The zero-order valence-electron chi connectivity index (χ0n) is 17.3. The molecule has 0 bridgehead atoms. The van der Waals surface area contributed by atoms with Crippen LogP contribution in [0.5, 0.6) is 0 Å². The molecule has 150 valence electrons. The minimum absolute atomic E-state index is 0.0755. The number of rotatable bonds is 2. The summed E-state index contributed by atoms with van der Waals surface area (Å²) in [5.74, 6) is 2.52. The van der Waals surface area contributed by atoms with E-state index in [1.165, 1.54) is 39.0 Å². The van der Waals surface area contributed by atoms with Crippen LogP contribution in [0, 0.1) is 34.5 Å². The Balaban J connectivity index is 1.58. The SMILES string of the molecule is CC(=O)O[C@H]1CC[C@@]2(C)C(=CC[C@H]3[C@H]2CC[C@]2(C)[C@@H](/C(C)=N\O)CC[C@@H]32)C1. The number of nitrogens with zero attached hydrogens (tertiary/aromatic N) is 1. The van der Waals surface area contributed by atoms with Gasteiger partial charge >= 0.3 is 5.97 Å². The zero-order valence-corrected chi connectivity index (χ0v) is 17.3. The molecule has 3 fully saturated rings. The lowest BCUT2D eigenvalue weighted by molar-refractivity contribution is -0.148. The topological polar surface area (TPSA) is 58.9 Å². The van der Waals surface area contributed by atoms with Gasteiger partial charge in [0.1, 0.15) is 6.10 Å². The summed E-state index contributed by atoms with van der Waals surface area (Å²) in [6, 6.07) is 0. The number of fused-ring (bicyclic) bond motifs is 5. The Morgan fingerprint density at radius 2 is 1.93 bits per heavy atom. The van der Waals surface area contributed by atoms with Crippen molar-refractivity contribution in [3.05, 3.63) is 11.6 Å². The van der Waals surface area contributed by atoms with Gasteiger partial charge in [-0.3, -0.25) is 4.79 Å². The van der Waals surface area contributed by atoms with Crippen molar-refractivity contribution < 1.29 is 14.7 Å². The monoisotopic (exact) mass is 373 g/mol. The van der Waals surface area contributed by atoms with E-state index in [1.807, 2.05) is 6.92 Å². The molecule has 4 aliphatic carbocycles. The first-order chi connectivity index (χ1) is 12.8. The summed E-state index contributed by atoms with van der Waals surface area (Å²) in [6.07, 6.45) is 11.8. The summed E-state index contributed by atoms with van der Waals surface area (Å²) in [5.41, 5.74) is 3.04. The number of carbonyl (C=O) groups is 1. The van der Waals surface area contributed by atoms with Crippen molar-refractivity contribution in [1.82, 2.24) is 0 Å². The average molecular weight is 374 g/mol.